The lowest BCUT2D eigenvalue weighted by Crippen LogP contribution is -2.57. The summed E-state index contributed by atoms with van der Waals surface area (Å²) in [6, 6.07) is 6.60. The number of H-pyrrole nitrogens is 1. The molecule has 2 aromatic rings. The summed E-state index contributed by atoms with van der Waals surface area (Å²) in [5, 5.41) is 3.47. The molecule has 0 unspecified atom stereocenters. The van der Waals surface area contributed by atoms with Crippen LogP contribution in [0.5, 0.6) is 0 Å². The number of amides is 2. The molecule has 1 aliphatic heterocycles. The molecule has 7 heteroatoms. The molecule has 3 rings (SSSR count). The SMILES string of the molecule is COC(=O)C[C@@H]1C(=O)NCCN1C(=O)c1c[nH]c2ccccc12. The molecule has 0 aliphatic carbocycles. The number of methoxy groups -OCH3 is 1. The maximum Gasteiger partial charge on any atom is 0.308 e. The lowest BCUT2D eigenvalue weighted by Gasteiger charge is -2.34. The number of piperazine rings is 1. The van der Waals surface area contributed by atoms with Crippen LogP contribution in [0, 0.1) is 0 Å². The molecular formula is C16H17N3O4. The average Bonchev–Trinajstić information content (AvgIpc) is 3.00. The molecule has 120 valence electrons. The largest absolute Gasteiger partial charge is 0.469 e. The maximum atomic E-state index is 12.9. The summed E-state index contributed by atoms with van der Waals surface area (Å²) in [4.78, 5) is 41.0. The van der Waals surface area contributed by atoms with Crippen LogP contribution >= 0.6 is 0 Å². The summed E-state index contributed by atoms with van der Waals surface area (Å²) in [6.45, 7) is 0.719. The number of nitrogens with zero attached hydrogens (tertiary/aromatic N) is 1. The Hall–Kier alpha value is -2.83. The first kappa shape index (κ1) is 15.1. The van der Waals surface area contributed by atoms with E-state index in [1.165, 1.54) is 12.0 Å². The summed E-state index contributed by atoms with van der Waals surface area (Å²) < 4.78 is 4.63. The first-order valence-electron chi connectivity index (χ1n) is 7.33. The van der Waals surface area contributed by atoms with E-state index in [0.29, 0.717) is 18.7 Å². The van der Waals surface area contributed by atoms with Crippen LogP contribution < -0.4 is 5.32 Å². The average molecular weight is 315 g/mol. The van der Waals surface area contributed by atoms with Crippen LogP contribution in [0.3, 0.4) is 0 Å². The third-order valence-electron chi connectivity index (χ3n) is 4.00. The van der Waals surface area contributed by atoms with E-state index in [4.69, 9.17) is 0 Å². The topological polar surface area (TPSA) is 91.5 Å². The van der Waals surface area contributed by atoms with E-state index in [1.54, 1.807) is 6.20 Å². The van der Waals surface area contributed by atoms with E-state index in [9.17, 15) is 14.4 Å². The van der Waals surface area contributed by atoms with Gasteiger partial charge in [0.1, 0.15) is 6.04 Å². The number of aromatic amines is 1. The second kappa shape index (κ2) is 6.12. The van der Waals surface area contributed by atoms with Crippen molar-refractivity contribution in [3.8, 4) is 0 Å². The number of hydrogen-bond acceptors (Lipinski definition) is 4. The number of rotatable bonds is 3. The number of carbonyl (C=O) groups is 3. The van der Waals surface area contributed by atoms with Gasteiger partial charge in [0.2, 0.25) is 5.91 Å². The highest BCUT2D eigenvalue weighted by Crippen LogP contribution is 2.22. The van der Waals surface area contributed by atoms with Crippen molar-refractivity contribution in [2.75, 3.05) is 20.2 Å². The van der Waals surface area contributed by atoms with Crippen LogP contribution in [0.2, 0.25) is 0 Å². The molecule has 23 heavy (non-hydrogen) atoms. The normalized spacial score (nSPS) is 17.9. The lowest BCUT2D eigenvalue weighted by molar-refractivity contribution is -0.145. The van der Waals surface area contributed by atoms with Gasteiger partial charge < -0.3 is 19.9 Å². The number of ether oxygens (including phenoxy) is 1. The minimum absolute atomic E-state index is 0.156. The number of carbonyl (C=O) groups excluding carboxylic acids is 3. The number of esters is 1. The predicted octanol–water partition coefficient (Wildman–Crippen LogP) is 0.672. The third kappa shape index (κ3) is 2.77. The molecule has 1 atom stereocenters. The smallest absolute Gasteiger partial charge is 0.308 e. The quantitative estimate of drug-likeness (QED) is 0.815. The van der Waals surface area contributed by atoms with E-state index in [-0.39, 0.29) is 18.2 Å². The molecule has 0 radical (unpaired) electrons. The number of hydrogen-bond donors (Lipinski definition) is 2. The van der Waals surface area contributed by atoms with Crippen molar-refractivity contribution in [2.24, 2.45) is 0 Å². The zero-order valence-electron chi connectivity index (χ0n) is 12.7. The molecule has 0 bridgehead atoms. The van der Waals surface area contributed by atoms with Crippen LogP contribution in [0.15, 0.2) is 30.5 Å². The fourth-order valence-corrected chi connectivity index (χ4v) is 2.81. The summed E-state index contributed by atoms with van der Waals surface area (Å²) >= 11 is 0. The molecule has 2 amide bonds. The summed E-state index contributed by atoms with van der Waals surface area (Å²) in [7, 11) is 1.26. The van der Waals surface area contributed by atoms with Gasteiger partial charge in [-0.15, -0.1) is 0 Å². The number of aromatic nitrogens is 1. The van der Waals surface area contributed by atoms with Gasteiger partial charge in [-0.2, -0.15) is 0 Å². The molecule has 7 nitrogen and oxygen atoms in total. The minimum Gasteiger partial charge on any atom is -0.469 e. The Labute approximate surface area is 132 Å². The molecule has 1 fully saturated rings. The van der Waals surface area contributed by atoms with Crippen LogP contribution in [0.4, 0.5) is 0 Å². The van der Waals surface area contributed by atoms with E-state index in [1.807, 2.05) is 24.3 Å². The van der Waals surface area contributed by atoms with Gasteiger partial charge in [0.05, 0.1) is 19.1 Å². The van der Waals surface area contributed by atoms with Gasteiger partial charge in [0.15, 0.2) is 0 Å². The molecule has 2 N–H and O–H groups in total. The van der Waals surface area contributed by atoms with E-state index >= 15 is 0 Å². The Bertz CT molecular complexity index is 768. The molecular weight excluding hydrogens is 298 g/mol. The van der Waals surface area contributed by atoms with Gasteiger partial charge >= 0.3 is 5.97 Å². The fraction of sp³-hybridized carbons (Fsp3) is 0.312. The molecule has 0 spiro atoms. The van der Waals surface area contributed by atoms with Crippen molar-refractivity contribution in [2.45, 2.75) is 12.5 Å². The molecule has 1 aliphatic rings. The van der Waals surface area contributed by atoms with Gasteiger partial charge in [-0.3, -0.25) is 14.4 Å². The van der Waals surface area contributed by atoms with Crippen molar-refractivity contribution >= 4 is 28.7 Å². The number of nitrogens with one attached hydrogen (secondary N) is 2. The van der Waals surface area contributed by atoms with Gasteiger partial charge in [-0.25, -0.2) is 0 Å². The zero-order valence-corrected chi connectivity index (χ0v) is 12.7. The van der Waals surface area contributed by atoms with Crippen LogP contribution in [0.25, 0.3) is 10.9 Å². The van der Waals surface area contributed by atoms with Gasteiger partial charge in [0.25, 0.3) is 5.91 Å². The Morgan fingerprint density at radius 1 is 1.35 bits per heavy atom. The number of benzene rings is 1. The zero-order chi connectivity index (χ0) is 16.4. The van der Waals surface area contributed by atoms with Crippen molar-refractivity contribution in [1.29, 1.82) is 0 Å². The van der Waals surface area contributed by atoms with E-state index in [2.05, 4.69) is 15.0 Å². The highest BCUT2D eigenvalue weighted by molar-refractivity contribution is 6.08. The van der Waals surface area contributed by atoms with Crippen LogP contribution in [-0.2, 0) is 14.3 Å². The third-order valence-corrected chi connectivity index (χ3v) is 4.00. The van der Waals surface area contributed by atoms with Crippen molar-refractivity contribution in [3.05, 3.63) is 36.0 Å². The fourth-order valence-electron chi connectivity index (χ4n) is 2.81. The Morgan fingerprint density at radius 3 is 2.91 bits per heavy atom. The summed E-state index contributed by atoms with van der Waals surface area (Å²) in [5.41, 5.74) is 1.34. The first-order valence-corrected chi connectivity index (χ1v) is 7.33. The second-order valence-electron chi connectivity index (χ2n) is 5.33. The molecule has 1 aromatic carbocycles. The van der Waals surface area contributed by atoms with Crippen LogP contribution in [0.1, 0.15) is 16.8 Å². The van der Waals surface area contributed by atoms with Crippen molar-refractivity contribution in [3.63, 3.8) is 0 Å². The molecule has 0 saturated carbocycles. The summed E-state index contributed by atoms with van der Waals surface area (Å²) in [6.07, 6.45) is 1.48. The molecule has 1 aromatic heterocycles. The lowest BCUT2D eigenvalue weighted by atomic mass is 10.1. The standard InChI is InChI=1S/C16H17N3O4/c1-23-14(20)8-13-15(21)17-6-7-19(13)16(22)11-9-18-12-5-3-2-4-10(11)12/h2-5,9,13,18H,6-8H2,1H3,(H,17,21)/t13-/m1/s1. The maximum absolute atomic E-state index is 12.9. The molecule has 2 heterocycles. The first-order chi connectivity index (χ1) is 11.1. The van der Waals surface area contributed by atoms with Gasteiger partial charge in [-0.05, 0) is 6.07 Å². The Kier molecular flexibility index (Phi) is 4.01. The highest BCUT2D eigenvalue weighted by atomic mass is 16.5. The predicted molar refractivity (Wildman–Crippen MR) is 82.8 cm³/mol. The number of para-hydroxylation sites is 1. The van der Waals surface area contributed by atoms with Gasteiger partial charge in [-0.1, -0.05) is 18.2 Å². The minimum atomic E-state index is -0.850. The number of fused-ring (bicyclic) bond motifs is 1. The summed E-state index contributed by atoms with van der Waals surface area (Å²) in [5.74, 6) is -1.13. The monoisotopic (exact) mass is 315 g/mol. The Morgan fingerprint density at radius 2 is 2.13 bits per heavy atom. The van der Waals surface area contributed by atoms with Crippen LogP contribution in [-0.4, -0.2) is 53.9 Å². The highest BCUT2D eigenvalue weighted by Gasteiger charge is 2.36. The van der Waals surface area contributed by atoms with E-state index in [0.717, 1.165) is 10.9 Å². The van der Waals surface area contributed by atoms with Gasteiger partial charge in [0, 0.05) is 30.2 Å². The van der Waals surface area contributed by atoms with Crippen molar-refractivity contribution < 1.29 is 19.1 Å². The van der Waals surface area contributed by atoms with E-state index < -0.39 is 12.0 Å². The van der Waals surface area contributed by atoms with Crippen molar-refractivity contribution in [1.82, 2.24) is 15.2 Å². The Balaban J connectivity index is 1.92. The second-order valence-corrected chi connectivity index (χ2v) is 5.33. The molecule has 1 saturated heterocycles.